The van der Waals surface area contributed by atoms with E-state index in [1.807, 2.05) is 18.2 Å². The average molecular weight is 303 g/mol. The molecule has 0 unspecified atom stereocenters. The summed E-state index contributed by atoms with van der Waals surface area (Å²) >= 11 is 0. The highest BCUT2D eigenvalue weighted by Crippen LogP contribution is 2.36. The summed E-state index contributed by atoms with van der Waals surface area (Å²) in [5, 5.41) is 1.31. The van der Waals surface area contributed by atoms with Crippen molar-refractivity contribution in [2.45, 2.75) is 19.4 Å². The first kappa shape index (κ1) is 16.8. The van der Waals surface area contributed by atoms with E-state index in [4.69, 9.17) is 14.6 Å². The van der Waals surface area contributed by atoms with Gasteiger partial charge in [0.15, 0.2) is 0 Å². The fourth-order valence-corrected chi connectivity index (χ4v) is 2.15. The van der Waals surface area contributed by atoms with Gasteiger partial charge in [0.1, 0.15) is 6.04 Å². The van der Waals surface area contributed by atoms with Crippen LogP contribution in [0.5, 0.6) is 0 Å². The van der Waals surface area contributed by atoms with Crippen molar-refractivity contribution in [3.63, 3.8) is 0 Å². The summed E-state index contributed by atoms with van der Waals surface area (Å²) in [6.45, 7) is 2.12. The van der Waals surface area contributed by atoms with Crippen LogP contribution in [-0.4, -0.2) is 40.5 Å². The van der Waals surface area contributed by atoms with E-state index in [1.54, 1.807) is 19.1 Å². The predicted molar refractivity (Wildman–Crippen MR) is 71.5 cm³/mol. The molecule has 20 heavy (non-hydrogen) atoms. The van der Waals surface area contributed by atoms with Crippen LogP contribution in [0.4, 0.5) is 0 Å². The van der Waals surface area contributed by atoms with Crippen molar-refractivity contribution in [3.8, 4) is 0 Å². The lowest BCUT2D eigenvalue weighted by molar-refractivity contribution is -0.181. The van der Waals surface area contributed by atoms with Crippen LogP contribution in [-0.2, 0) is 25.1 Å². The highest BCUT2D eigenvalue weighted by atomic mass is 31.2. The Bertz CT molecular complexity index is 470. The molecule has 1 aromatic rings. The first-order valence-electron chi connectivity index (χ1n) is 6.01. The van der Waals surface area contributed by atoms with Crippen molar-refractivity contribution >= 4 is 13.8 Å². The minimum absolute atomic E-state index is 0.224. The number of benzene rings is 1. The molecule has 1 rings (SSSR count). The summed E-state index contributed by atoms with van der Waals surface area (Å²) in [6.07, 6.45) is 0.224. The summed E-state index contributed by atoms with van der Waals surface area (Å²) in [4.78, 5) is 34.4. The minimum Gasteiger partial charge on any atom is -0.369 e. The van der Waals surface area contributed by atoms with E-state index < -0.39 is 19.8 Å². The molecule has 0 aromatic heterocycles. The maximum atomic E-state index is 11.9. The first-order valence-corrected chi connectivity index (χ1v) is 7.54. The van der Waals surface area contributed by atoms with Gasteiger partial charge in [-0.1, -0.05) is 37.3 Å². The largest absolute Gasteiger partial charge is 0.527 e. The van der Waals surface area contributed by atoms with Crippen LogP contribution in [0.25, 0.3) is 0 Å². The molecule has 0 aliphatic heterocycles. The lowest BCUT2D eigenvalue weighted by atomic mass is 10.1. The lowest BCUT2D eigenvalue weighted by Crippen LogP contribution is -2.42. The lowest BCUT2D eigenvalue weighted by Gasteiger charge is -2.26. The molecule has 0 aliphatic rings. The molecule has 1 atom stereocenters. The topological polar surface area (TPSA) is 96.3 Å². The molecule has 0 heterocycles. The minimum atomic E-state index is -4.87. The number of phosphoric acid groups is 1. The molecule has 0 saturated heterocycles. The molecule has 0 fully saturated rings. The standard InChI is InChI=1S/C12H18NO6P/c1-3-13(18-2)11(12(14)19-20(15,16)17)9-10-7-5-4-6-8-10/h4-8,11H,3,9H2,1-2H3,(H2,15,16,17)/t11-/m0/s1. The Balaban J connectivity index is 2.90. The van der Waals surface area contributed by atoms with Gasteiger partial charge in [0.05, 0.1) is 7.11 Å². The second-order valence-corrected chi connectivity index (χ2v) is 5.19. The number of hydrogen-bond acceptors (Lipinski definition) is 5. The number of carbonyl (C=O) groups is 1. The molecular formula is C12H18NO6P. The van der Waals surface area contributed by atoms with Crippen LogP contribution < -0.4 is 0 Å². The molecule has 1 aromatic carbocycles. The Labute approximate surface area is 117 Å². The number of rotatable bonds is 7. The fraction of sp³-hybridized carbons (Fsp3) is 0.417. The van der Waals surface area contributed by atoms with Crippen LogP contribution in [0.1, 0.15) is 12.5 Å². The zero-order valence-electron chi connectivity index (χ0n) is 11.3. The fourth-order valence-electron chi connectivity index (χ4n) is 1.79. The molecule has 0 bridgehead atoms. The Hall–Kier alpha value is -1.24. The number of hydrogen-bond donors (Lipinski definition) is 2. The maximum Gasteiger partial charge on any atom is 0.527 e. The molecular weight excluding hydrogens is 285 g/mol. The first-order chi connectivity index (χ1) is 9.37. The highest BCUT2D eigenvalue weighted by molar-refractivity contribution is 7.46. The smallest absolute Gasteiger partial charge is 0.369 e. The zero-order valence-corrected chi connectivity index (χ0v) is 12.2. The Morgan fingerprint density at radius 1 is 1.35 bits per heavy atom. The summed E-state index contributed by atoms with van der Waals surface area (Å²) in [7, 11) is -3.49. The van der Waals surface area contributed by atoms with Crippen molar-refractivity contribution in [2.24, 2.45) is 0 Å². The third-order valence-corrected chi connectivity index (χ3v) is 3.06. The van der Waals surface area contributed by atoms with Crippen molar-refractivity contribution in [3.05, 3.63) is 35.9 Å². The molecule has 0 radical (unpaired) electrons. The van der Waals surface area contributed by atoms with Gasteiger partial charge in [0, 0.05) is 13.0 Å². The van der Waals surface area contributed by atoms with Gasteiger partial charge < -0.3 is 9.36 Å². The van der Waals surface area contributed by atoms with Crippen LogP contribution in [0.15, 0.2) is 30.3 Å². The number of nitrogens with zero attached hydrogens (tertiary/aromatic N) is 1. The summed E-state index contributed by atoms with van der Waals surface area (Å²) < 4.78 is 15.0. The van der Waals surface area contributed by atoms with Crippen molar-refractivity contribution < 1.29 is 28.5 Å². The molecule has 7 nitrogen and oxygen atoms in total. The van der Waals surface area contributed by atoms with Gasteiger partial charge in [0.2, 0.25) is 0 Å². The quantitative estimate of drug-likeness (QED) is 0.575. The van der Waals surface area contributed by atoms with Crippen molar-refractivity contribution in [1.29, 1.82) is 0 Å². The SMILES string of the molecule is CCN(OC)[C@@H](Cc1ccccc1)C(=O)OP(=O)(O)O. The number of carbonyl (C=O) groups excluding carboxylic acids is 1. The second kappa shape index (κ2) is 7.52. The normalized spacial score (nSPS) is 13.2. The highest BCUT2D eigenvalue weighted by Gasteiger charge is 2.32. The van der Waals surface area contributed by atoms with E-state index in [9.17, 15) is 9.36 Å². The Kier molecular flexibility index (Phi) is 6.32. The molecule has 2 N–H and O–H groups in total. The zero-order chi connectivity index (χ0) is 15.2. The summed E-state index contributed by atoms with van der Waals surface area (Å²) in [6, 6.07) is 8.14. The molecule has 0 amide bonds. The second-order valence-electron chi connectivity index (χ2n) is 4.02. The van der Waals surface area contributed by atoms with Gasteiger partial charge in [-0.15, -0.1) is 0 Å². The summed E-state index contributed by atoms with van der Waals surface area (Å²) in [5.41, 5.74) is 0.829. The van der Waals surface area contributed by atoms with Crippen molar-refractivity contribution in [1.82, 2.24) is 5.06 Å². The van der Waals surface area contributed by atoms with Gasteiger partial charge in [-0.25, -0.2) is 9.36 Å². The van der Waals surface area contributed by atoms with Crippen molar-refractivity contribution in [2.75, 3.05) is 13.7 Å². The third kappa shape index (κ3) is 5.40. The number of phosphoric ester groups is 1. The third-order valence-electron chi connectivity index (χ3n) is 2.65. The van der Waals surface area contributed by atoms with Gasteiger partial charge in [-0.05, 0) is 5.56 Å². The van der Waals surface area contributed by atoms with Crippen LogP contribution in [0.3, 0.4) is 0 Å². The number of hydroxylamine groups is 2. The summed E-state index contributed by atoms with van der Waals surface area (Å²) in [5.74, 6) is -1.02. The Morgan fingerprint density at radius 2 is 1.95 bits per heavy atom. The maximum absolute atomic E-state index is 11.9. The van der Waals surface area contributed by atoms with E-state index >= 15 is 0 Å². The molecule has 112 valence electrons. The van der Waals surface area contributed by atoms with E-state index in [0.717, 1.165) is 5.56 Å². The van der Waals surface area contributed by atoms with Gasteiger partial charge >= 0.3 is 13.8 Å². The van der Waals surface area contributed by atoms with E-state index in [-0.39, 0.29) is 6.42 Å². The van der Waals surface area contributed by atoms with Crippen LogP contribution in [0, 0.1) is 0 Å². The molecule has 0 aliphatic carbocycles. The number of likely N-dealkylation sites (N-methyl/N-ethyl adjacent to an activating group) is 1. The van der Waals surface area contributed by atoms with Crippen LogP contribution in [0.2, 0.25) is 0 Å². The average Bonchev–Trinajstić information content (AvgIpc) is 2.38. The monoisotopic (exact) mass is 303 g/mol. The van der Waals surface area contributed by atoms with E-state index in [0.29, 0.717) is 6.54 Å². The molecule has 0 saturated carbocycles. The van der Waals surface area contributed by atoms with E-state index in [1.165, 1.54) is 12.2 Å². The predicted octanol–water partition coefficient (Wildman–Crippen LogP) is 1.12. The Morgan fingerprint density at radius 3 is 2.40 bits per heavy atom. The molecule has 0 spiro atoms. The van der Waals surface area contributed by atoms with Gasteiger partial charge in [0.25, 0.3) is 0 Å². The molecule has 8 heteroatoms. The van der Waals surface area contributed by atoms with Crippen LogP contribution >= 0.6 is 7.82 Å². The van der Waals surface area contributed by atoms with Gasteiger partial charge in [-0.2, -0.15) is 5.06 Å². The van der Waals surface area contributed by atoms with E-state index in [2.05, 4.69) is 4.52 Å². The van der Waals surface area contributed by atoms with Gasteiger partial charge in [-0.3, -0.25) is 9.79 Å².